The summed E-state index contributed by atoms with van der Waals surface area (Å²) in [6, 6.07) is 10.2. The molecule has 5 heteroatoms. The monoisotopic (exact) mass is 284 g/mol. The summed E-state index contributed by atoms with van der Waals surface area (Å²) in [4.78, 5) is 22.3. The minimum atomic E-state index is -0.203. The number of nitrogens with one attached hydrogen (secondary N) is 1. The Morgan fingerprint density at radius 2 is 1.90 bits per heavy atom. The third kappa shape index (κ3) is 4.10. The Morgan fingerprint density at radius 3 is 2.48 bits per heavy atom. The van der Waals surface area contributed by atoms with Gasteiger partial charge < -0.3 is 10.2 Å². The fourth-order valence-corrected chi connectivity index (χ4v) is 2.06. The molecule has 0 saturated heterocycles. The maximum Gasteiger partial charge on any atom is 0.271 e. The highest BCUT2D eigenvalue weighted by Gasteiger charge is 2.16. The van der Waals surface area contributed by atoms with E-state index in [0.717, 1.165) is 11.3 Å². The van der Waals surface area contributed by atoms with Crippen molar-refractivity contribution in [1.82, 2.24) is 20.2 Å². The molecule has 5 nitrogen and oxygen atoms in total. The fraction of sp³-hybridized carbons (Fsp3) is 0.312. The number of hydrogen-bond donors (Lipinski definition) is 1. The van der Waals surface area contributed by atoms with E-state index in [0.29, 0.717) is 12.2 Å². The lowest BCUT2D eigenvalue weighted by molar-refractivity contribution is 0.0936. The topological polar surface area (TPSA) is 58.1 Å². The summed E-state index contributed by atoms with van der Waals surface area (Å²) in [5.74, 6) is -0.203. The van der Waals surface area contributed by atoms with Gasteiger partial charge in [0.25, 0.3) is 5.91 Å². The van der Waals surface area contributed by atoms with Crippen LogP contribution < -0.4 is 5.32 Å². The molecule has 0 aliphatic carbocycles. The van der Waals surface area contributed by atoms with E-state index in [1.54, 1.807) is 6.20 Å². The number of benzene rings is 1. The minimum Gasteiger partial charge on any atom is -0.349 e. The molecule has 0 spiro atoms. The van der Waals surface area contributed by atoms with Gasteiger partial charge in [-0.15, -0.1) is 0 Å². The van der Waals surface area contributed by atoms with Crippen LogP contribution in [0, 0.1) is 6.92 Å². The van der Waals surface area contributed by atoms with Gasteiger partial charge in [-0.2, -0.15) is 0 Å². The van der Waals surface area contributed by atoms with Crippen LogP contribution in [0.1, 0.15) is 27.8 Å². The van der Waals surface area contributed by atoms with Crippen LogP contribution in [0.15, 0.2) is 42.7 Å². The Bertz CT molecular complexity index is 581. The summed E-state index contributed by atoms with van der Waals surface area (Å²) in [7, 11) is 3.99. The molecule has 110 valence electrons. The molecule has 0 unspecified atom stereocenters. The fourth-order valence-electron chi connectivity index (χ4n) is 2.06. The molecule has 0 bridgehead atoms. The summed E-state index contributed by atoms with van der Waals surface area (Å²) in [6.07, 6.45) is 3.09. The van der Waals surface area contributed by atoms with Crippen LogP contribution in [-0.4, -0.2) is 41.4 Å². The van der Waals surface area contributed by atoms with Crippen molar-refractivity contribution in [2.45, 2.75) is 13.0 Å². The van der Waals surface area contributed by atoms with Crippen molar-refractivity contribution in [1.29, 1.82) is 0 Å². The molecular formula is C16H20N4O. The largest absolute Gasteiger partial charge is 0.349 e. The third-order valence-corrected chi connectivity index (χ3v) is 3.28. The number of carbonyl (C=O) groups excluding carboxylic acids is 1. The molecule has 2 aromatic rings. The quantitative estimate of drug-likeness (QED) is 0.910. The summed E-state index contributed by atoms with van der Waals surface area (Å²) >= 11 is 0. The summed E-state index contributed by atoms with van der Waals surface area (Å²) < 4.78 is 0. The van der Waals surface area contributed by atoms with Crippen molar-refractivity contribution in [3.8, 4) is 0 Å². The molecule has 2 rings (SSSR count). The van der Waals surface area contributed by atoms with Gasteiger partial charge in [0.1, 0.15) is 5.69 Å². The van der Waals surface area contributed by atoms with Crippen LogP contribution in [-0.2, 0) is 0 Å². The number of hydrogen-bond acceptors (Lipinski definition) is 4. The molecule has 1 aromatic carbocycles. The van der Waals surface area contributed by atoms with Gasteiger partial charge in [0.05, 0.1) is 17.9 Å². The minimum absolute atomic E-state index is 0.119. The number of nitrogens with zero attached hydrogens (tertiary/aromatic N) is 3. The molecule has 0 fully saturated rings. The van der Waals surface area contributed by atoms with Crippen molar-refractivity contribution in [3.63, 3.8) is 0 Å². The van der Waals surface area contributed by atoms with E-state index in [1.165, 1.54) is 6.20 Å². The Balaban J connectivity index is 2.02. The van der Waals surface area contributed by atoms with Gasteiger partial charge in [-0.1, -0.05) is 30.3 Å². The van der Waals surface area contributed by atoms with Gasteiger partial charge in [0, 0.05) is 12.7 Å². The number of rotatable bonds is 5. The van der Waals surface area contributed by atoms with Crippen molar-refractivity contribution < 1.29 is 4.79 Å². The Morgan fingerprint density at radius 1 is 1.19 bits per heavy atom. The maximum absolute atomic E-state index is 12.1. The Hall–Kier alpha value is -2.27. The number of carbonyl (C=O) groups is 1. The molecule has 1 heterocycles. The van der Waals surface area contributed by atoms with Gasteiger partial charge >= 0.3 is 0 Å². The molecule has 0 aliphatic heterocycles. The highest BCUT2D eigenvalue weighted by Crippen LogP contribution is 2.16. The van der Waals surface area contributed by atoms with Crippen LogP contribution in [0.3, 0.4) is 0 Å². The van der Waals surface area contributed by atoms with Crippen LogP contribution in [0.2, 0.25) is 0 Å². The zero-order valence-electron chi connectivity index (χ0n) is 12.6. The van der Waals surface area contributed by atoms with Crippen LogP contribution in [0.25, 0.3) is 0 Å². The van der Waals surface area contributed by atoms with Gasteiger partial charge in [-0.25, -0.2) is 4.98 Å². The predicted molar refractivity (Wildman–Crippen MR) is 82.0 cm³/mol. The summed E-state index contributed by atoms with van der Waals surface area (Å²) in [5.41, 5.74) is 2.30. The molecule has 1 atom stereocenters. The molecule has 1 aromatic heterocycles. The number of aromatic nitrogens is 2. The van der Waals surface area contributed by atoms with Gasteiger partial charge in [-0.05, 0) is 26.6 Å². The zero-order chi connectivity index (χ0) is 15.2. The average molecular weight is 284 g/mol. The zero-order valence-corrected chi connectivity index (χ0v) is 12.6. The predicted octanol–water partition coefficient (Wildman–Crippen LogP) is 1.82. The molecule has 1 N–H and O–H groups in total. The number of amides is 1. The van der Waals surface area contributed by atoms with E-state index >= 15 is 0 Å². The van der Waals surface area contributed by atoms with Crippen molar-refractivity contribution >= 4 is 5.91 Å². The maximum atomic E-state index is 12.1. The number of likely N-dealkylation sites (N-methyl/N-ethyl adjacent to an activating group) is 1. The van der Waals surface area contributed by atoms with Gasteiger partial charge in [-0.3, -0.25) is 9.78 Å². The first-order valence-electron chi connectivity index (χ1n) is 6.86. The van der Waals surface area contributed by atoms with E-state index in [9.17, 15) is 4.79 Å². The van der Waals surface area contributed by atoms with Gasteiger partial charge in [0.2, 0.25) is 0 Å². The Labute approximate surface area is 125 Å². The second-order valence-electron chi connectivity index (χ2n) is 5.14. The average Bonchev–Trinajstić information content (AvgIpc) is 2.48. The summed E-state index contributed by atoms with van der Waals surface area (Å²) in [6.45, 7) is 2.36. The lowest BCUT2D eigenvalue weighted by atomic mass is 10.1. The van der Waals surface area contributed by atoms with E-state index in [1.807, 2.05) is 39.2 Å². The van der Waals surface area contributed by atoms with E-state index in [4.69, 9.17) is 0 Å². The molecule has 1 amide bonds. The second-order valence-corrected chi connectivity index (χ2v) is 5.14. The highest BCUT2D eigenvalue weighted by atomic mass is 16.1. The van der Waals surface area contributed by atoms with Crippen molar-refractivity contribution in [2.24, 2.45) is 0 Å². The standard InChI is InChI=1S/C16H20N4O/c1-12-9-18-14(10-17-12)16(21)19-11-15(20(2)3)13-7-5-4-6-8-13/h4-10,15H,11H2,1-3H3,(H,19,21)/t15-/m1/s1. The van der Waals surface area contributed by atoms with Crippen LogP contribution in [0.5, 0.6) is 0 Å². The first-order valence-corrected chi connectivity index (χ1v) is 6.86. The normalized spacial score (nSPS) is 12.2. The first kappa shape index (κ1) is 15.1. The SMILES string of the molecule is Cc1cnc(C(=O)NC[C@H](c2ccccc2)N(C)C)cn1. The third-order valence-electron chi connectivity index (χ3n) is 3.28. The van der Waals surface area contributed by atoms with Crippen molar-refractivity contribution in [3.05, 3.63) is 59.7 Å². The van der Waals surface area contributed by atoms with Gasteiger partial charge in [0.15, 0.2) is 0 Å². The highest BCUT2D eigenvalue weighted by molar-refractivity contribution is 5.91. The summed E-state index contributed by atoms with van der Waals surface area (Å²) in [5, 5.41) is 2.92. The smallest absolute Gasteiger partial charge is 0.271 e. The number of aryl methyl sites for hydroxylation is 1. The lowest BCUT2D eigenvalue weighted by Crippen LogP contribution is -2.34. The molecule has 0 radical (unpaired) electrons. The Kier molecular flexibility index (Phi) is 5.00. The molecule has 0 aliphatic rings. The van der Waals surface area contributed by atoms with E-state index < -0.39 is 0 Å². The molecular weight excluding hydrogens is 264 g/mol. The van der Waals surface area contributed by atoms with Crippen molar-refractivity contribution in [2.75, 3.05) is 20.6 Å². The van der Waals surface area contributed by atoms with Crippen LogP contribution >= 0.6 is 0 Å². The first-order chi connectivity index (χ1) is 10.1. The van der Waals surface area contributed by atoms with E-state index in [2.05, 4.69) is 32.3 Å². The lowest BCUT2D eigenvalue weighted by Gasteiger charge is -2.25. The molecule has 0 saturated carbocycles. The molecule has 21 heavy (non-hydrogen) atoms. The van der Waals surface area contributed by atoms with E-state index in [-0.39, 0.29) is 11.9 Å². The second kappa shape index (κ2) is 6.95. The van der Waals surface area contributed by atoms with Crippen LogP contribution in [0.4, 0.5) is 0 Å².